The zero-order chi connectivity index (χ0) is 15.8. The fraction of sp³-hybridized carbons (Fsp3) is 0. The Morgan fingerprint density at radius 3 is 1.81 bits per heavy atom. The third-order valence-corrected chi connectivity index (χ3v) is 6.92. The molecule has 0 radical (unpaired) electrons. The molecule has 0 aliphatic carbocycles. The van der Waals surface area contributed by atoms with E-state index in [0.717, 1.165) is 6.07 Å². The first-order chi connectivity index (χ1) is 9.62. The van der Waals surface area contributed by atoms with Gasteiger partial charge in [-0.15, -0.1) is 0 Å². The van der Waals surface area contributed by atoms with Crippen molar-refractivity contribution in [1.29, 1.82) is 0 Å². The van der Waals surface area contributed by atoms with Crippen LogP contribution in [0.3, 0.4) is 0 Å². The molecule has 0 fully saturated rings. The third-order valence-electron chi connectivity index (χ3n) is 2.58. The topological polar surface area (TPSA) is 68.3 Å². The van der Waals surface area contributed by atoms with Gasteiger partial charge in [0, 0.05) is 19.6 Å². The zero-order valence-corrected chi connectivity index (χ0v) is 15.7. The Morgan fingerprint density at radius 2 is 1.29 bits per heavy atom. The van der Waals surface area contributed by atoms with E-state index in [2.05, 4.69) is 31.9 Å². The second-order valence-corrected chi connectivity index (χ2v) is 10.3. The highest BCUT2D eigenvalue weighted by Crippen LogP contribution is 2.32. The maximum Gasteiger partial charge on any atom is 0.262 e. The maximum atomic E-state index is 12.6. The summed E-state index contributed by atoms with van der Waals surface area (Å²) in [5.74, 6) is 0. The van der Waals surface area contributed by atoms with E-state index >= 15 is 0 Å². The van der Waals surface area contributed by atoms with Gasteiger partial charge in [-0.1, -0.05) is 31.9 Å². The van der Waals surface area contributed by atoms with Crippen LogP contribution in [0.2, 0.25) is 0 Å². The molecule has 0 unspecified atom stereocenters. The smallest absolute Gasteiger partial charge is 0.218 e. The quantitative estimate of drug-likeness (QED) is 0.632. The summed E-state index contributed by atoms with van der Waals surface area (Å²) in [7, 11) is -2.87. The van der Waals surface area contributed by atoms with E-state index in [4.69, 9.17) is 10.7 Å². The number of hydrogen-bond acceptors (Lipinski definition) is 4. The number of benzene rings is 2. The van der Waals surface area contributed by atoms with Crippen LogP contribution in [0.4, 0.5) is 0 Å². The van der Waals surface area contributed by atoms with E-state index in [1.165, 1.54) is 24.3 Å². The molecular weight excluding hydrogens is 468 g/mol. The van der Waals surface area contributed by atoms with Crippen LogP contribution in [0.5, 0.6) is 0 Å². The lowest BCUT2D eigenvalue weighted by Crippen LogP contribution is -2.07. The molecule has 2 aromatic rings. The van der Waals surface area contributed by atoms with Crippen molar-refractivity contribution in [3.05, 3.63) is 51.4 Å². The van der Waals surface area contributed by atoms with Crippen molar-refractivity contribution in [1.82, 2.24) is 0 Å². The van der Waals surface area contributed by atoms with E-state index < -0.39 is 23.8 Å². The van der Waals surface area contributed by atoms with Crippen LogP contribution < -0.4 is 0 Å². The molecule has 0 amide bonds. The van der Waals surface area contributed by atoms with Gasteiger partial charge in [-0.2, -0.15) is 0 Å². The second-order valence-electron chi connectivity index (χ2n) is 3.99. The van der Waals surface area contributed by atoms with Crippen LogP contribution in [0.1, 0.15) is 0 Å². The van der Waals surface area contributed by atoms with Crippen molar-refractivity contribution >= 4 is 61.4 Å². The lowest BCUT2D eigenvalue weighted by Gasteiger charge is -2.09. The molecule has 21 heavy (non-hydrogen) atoms. The summed E-state index contributed by atoms with van der Waals surface area (Å²) < 4.78 is 49.5. The van der Waals surface area contributed by atoms with Gasteiger partial charge in [0.05, 0.1) is 9.79 Å². The van der Waals surface area contributed by atoms with Gasteiger partial charge < -0.3 is 0 Å². The van der Waals surface area contributed by atoms with Gasteiger partial charge >= 0.3 is 0 Å². The second kappa shape index (κ2) is 6.00. The highest BCUT2D eigenvalue weighted by Gasteiger charge is 2.27. The van der Waals surface area contributed by atoms with Crippen LogP contribution >= 0.6 is 42.5 Å². The standard InChI is InChI=1S/C12H7Br2ClO4S2/c13-8-1-4-10(5-2-8)20(16,17)12-7-9(14)3-6-11(12)21(15,18)19/h1-7H. The van der Waals surface area contributed by atoms with Crippen molar-refractivity contribution in [3.63, 3.8) is 0 Å². The first kappa shape index (κ1) is 17.0. The molecule has 2 aromatic carbocycles. The Morgan fingerprint density at radius 1 is 0.762 bits per heavy atom. The Bertz CT molecular complexity index is 891. The monoisotopic (exact) mass is 472 g/mol. The van der Waals surface area contributed by atoms with E-state index in [0.29, 0.717) is 8.95 Å². The molecule has 0 N–H and O–H groups in total. The zero-order valence-electron chi connectivity index (χ0n) is 10.1. The molecule has 0 spiro atoms. The van der Waals surface area contributed by atoms with Gasteiger partial charge in [-0.05, 0) is 42.5 Å². The highest BCUT2D eigenvalue weighted by molar-refractivity contribution is 9.10. The predicted octanol–water partition coefficient (Wildman–Crippen LogP) is 3.97. The molecule has 0 heterocycles. The average molecular weight is 475 g/mol. The van der Waals surface area contributed by atoms with Crippen molar-refractivity contribution in [3.8, 4) is 0 Å². The van der Waals surface area contributed by atoms with Crippen molar-refractivity contribution in [2.45, 2.75) is 14.7 Å². The molecule has 0 aromatic heterocycles. The first-order valence-corrected chi connectivity index (χ1v) is 10.7. The van der Waals surface area contributed by atoms with Crippen molar-refractivity contribution in [2.24, 2.45) is 0 Å². The Kier molecular flexibility index (Phi) is 4.84. The summed E-state index contributed by atoms with van der Waals surface area (Å²) in [6.07, 6.45) is 0. The first-order valence-electron chi connectivity index (χ1n) is 5.37. The molecular formula is C12H7Br2ClO4S2. The summed E-state index contributed by atoms with van der Waals surface area (Å²) >= 11 is 6.34. The van der Waals surface area contributed by atoms with Crippen LogP contribution in [0.15, 0.2) is 66.1 Å². The molecule has 0 bridgehead atoms. The van der Waals surface area contributed by atoms with Crippen LogP contribution in [0.25, 0.3) is 0 Å². The Labute approximate surface area is 143 Å². The van der Waals surface area contributed by atoms with Gasteiger partial charge in [0.1, 0.15) is 4.90 Å². The number of rotatable bonds is 3. The highest BCUT2D eigenvalue weighted by atomic mass is 79.9. The summed E-state index contributed by atoms with van der Waals surface area (Å²) in [6.45, 7) is 0. The number of sulfone groups is 1. The van der Waals surface area contributed by atoms with Gasteiger partial charge in [-0.25, -0.2) is 16.8 Å². The van der Waals surface area contributed by atoms with E-state index in [1.807, 2.05) is 0 Å². The minimum Gasteiger partial charge on any atom is -0.218 e. The SMILES string of the molecule is O=S(=O)(Cl)c1ccc(Br)cc1S(=O)(=O)c1ccc(Br)cc1. The summed E-state index contributed by atoms with van der Waals surface area (Å²) in [5, 5.41) is 0. The molecule has 2 rings (SSSR count). The van der Waals surface area contributed by atoms with E-state index in [-0.39, 0.29) is 9.79 Å². The van der Waals surface area contributed by atoms with Gasteiger partial charge in [0.2, 0.25) is 9.84 Å². The lowest BCUT2D eigenvalue weighted by molar-refractivity contribution is 0.588. The lowest BCUT2D eigenvalue weighted by atomic mass is 10.4. The van der Waals surface area contributed by atoms with Gasteiger partial charge in [0.25, 0.3) is 9.05 Å². The van der Waals surface area contributed by atoms with Crippen LogP contribution in [-0.2, 0) is 18.9 Å². The normalized spacial score (nSPS) is 12.3. The van der Waals surface area contributed by atoms with Crippen LogP contribution in [-0.4, -0.2) is 16.8 Å². The van der Waals surface area contributed by atoms with Gasteiger partial charge in [0.15, 0.2) is 0 Å². The van der Waals surface area contributed by atoms with Crippen LogP contribution in [0, 0.1) is 0 Å². The molecule has 4 nitrogen and oxygen atoms in total. The Balaban J connectivity index is 2.76. The minimum absolute atomic E-state index is 0.0228. The molecule has 0 aliphatic rings. The summed E-state index contributed by atoms with van der Waals surface area (Å²) in [5.41, 5.74) is 0. The maximum absolute atomic E-state index is 12.6. The van der Waals surface area contributed by atoms with Crippen molar-refractivity contribution in [2.75, 3.05) is 0 Å². The predicted molar refractivity (Wildman–Crippen MR) is 86.8 cm³/mol. The molecule has 0 atom stereocenters. The third kappa shape index (κ3) is 3.68. The largest absolute Gasteiger partial charge is 0.262 e. The molecule has 0 saturated carbocycles. The molecule has 0 aliphatic heterocycles. The van der Waals surface area contributed by atoms with Crippen molar-refractivity contribution < 1.29 is 16.8 Å². The summed E-state index contributed by atoms with van der Waals surface area (Å²) in [6, 6.07) is 9.65. The van der Waals surface area contributed by atoms with Gasteiger partial charge in [-0.3, -0.25) is 0 Å². The molecule has 0 saturated heterocycles. The average Bonchev–Trinajstić information content (AvgIpc) is 2.37. The molecule has 9 heteroatoms. The minimum atomic E-state index is -4.19. The Hall–Kier alpha value is -0.410. The fourth-order valence-electron chi connectivity index (χ4n) is 1.63. The molecule has 112 valence electrons. The van der Waals surface area contributed by atoms with E-state index in [9.17, 15) is 16.8 Å². The summed E-state index contributed by atoms with van der Waals surface area (Å²) in [4.78, 5) is -0.838. The fourth-order valence-corrected chi connectivity index (χ4v) is 5.50. The van der Waals surface area contributed by atoms with E-state index in [1.54, 1.807) is 12.1 Å². The number of halogens is 3. The number of hydrogen-bond donors (Lipinski definition) is 0.